The first-order valence-electron chi connectivity index (χ1n) is 5.14. The van der Waals surface area contributed by atoms with Gasteiger partial charge in [0.25, 0.3) is 0 Å². The average Bonchev–Trinajstić information content (AvgIpc) is 2.19. The highest BCUT2D eigenvalue weighted by atomic mass is 16.5. The van der Waals surface area contributed by atoms with E-state index in [1.807, 2.05) is 13.0 Å². The quantitative estimate of drug-likeness (QED) is 0.798. The van der Waals surface area contributed by atoms with E-state index in [2.05, 4.69) is 13.8 Å². The van der Waals surface area contributed by atoms with Gasteiger partial charge in [-0.2, -0.15) is 0 Å². The summed E-state index contributed by atoms with van der Waals surface area (Å²) in [5.74, 6) is 1.26. The molecule has 0 heterocycles. The Bertz CT molecular complexity index is 305. The summed E-state index contributed by atoms with van der Waals surface area (Å²) < 4.78 is 5.60. The topological polar surface area (TPSA) is 29.5 Å². The molecule has 0 radical (unpaired) electrons. The molecule has 0 aromatic heterocycles. The van der Waals surface area contributed by atoms with Crippen LogP contribution in [0.1, 0.15) is 31.4 Å². The van der Waals surface area contributed by atoms with Crippen LogP contribution >= 0.6 is 0 Å². The predicted octanol–water partition coefficient (Wildman–Crippen LogP) is 3.05. The predicted molar refractivity (Wildman–Crippen MR) is 58.0 cm³/mol. The Hall–Kier alpha value is -1.18. The molecule has 0 unspecified atom stereocenters. The maximum absolute atomic E-state index is 9.53. The third-order valence-electron chi connectivity index (χ3n) is 2.22. The molecule has 0 spiro atoms. The summed E-state index contributed by atoms with van der Waals surface area (Å²) in [6, 6.07) is 3.70. The second-order valence-electron chi connectivity index (χ2n) is 3.45. The Labute approximate surface area is 85.5 Å². The van der Waals surface area contributed by atoms with Gasteiger partial charge in [-0.05, 0) is 43.0 Å². The van der Waals surface area contributed by atoms with Gasteiger partial charge in [-0.25, -0.2) is 0 Å². The van der Waals surface area contributed by atoms with Gasteiger partial charge >= 0.3 is 0 Å². The van der Waals surface area contributed by atoms with Crippen molar-refractivity contribution in [3.05, 3.63) is 23.3 Å². The zero-order valence-corrected chi connectivity index (χ0v) is 9.13. The molecule has 2 heteroatoms. The van der Waals surface area contributed by atoms with Gasteiger partial charge in [0, 0.05) is 0 Å². The molecule has 0 aliphatic carbocycles. The Morgan fingerprint density at radius 2 is 2.00 bits per heavy atom. The van der Waals surface area contributed by atoms with Crippen LogP contribution in [-0.4, -0.2) is 11.7 Å². The molecule has 78 valence electrons. The Morgan fingerprint density at radius 1 is 1.29 bits per heavy atom. The maximum atomic E-state index is 9.53. The molecule has 0 bridgehead atoms. The van der Waals surface area contributed by atoms with E-state index in [4.69, 9.17) is 4.74 Å². The number of benzene rings is 1. The fraction of sp³-hybridized carbons (Fsp3) is 0.500. The van der Waals surface area contributed by atoms with Crippen LogP contribution in [0.2, 0.25) is 0 Å². The van der Waals surface area contributed by atoms with Gasteiger partial charge in [-0.15, -0.1) is 0 Å². The molecule has 0 atom stereocenters. The van der Waals surface area contributed by atoms with E-state index in [-0.39, 0.29) is 0 Å². The SMILES string of the molecule is CCCOc1cc(C)c(O)cc1CC. The van der Waals surface area contributed by atoms with Crippen molar-refractivity contribution in [2.45, 2.75) is 33.6 Å². The van der Waals surface area contributed by atoms with Crippen molar-refractivity contribution in [3.63, 3.8) is 0 Å². The minimum Gasteiger partial charge on any atom is -0.508 e. The van der Waals surface area contributed by atoms with Gasteiger partial charge in [-0.1, -0.05) is 13.8 Å². The summed E-state index contributed by atoms with van der Waals surface area (Å²) in [5.41, 5.74) is 1.94. The van der Waals surface area contributed by atoms with Crippen LogP contribution in [0.25, 0.3) is 0 Å². The first-order chi connectivity index (χ1) is 6.69. The molecule has 1 aromatic carbocycles. The summed E-state index contributed by atoms with van der Waals surface area (Å²) in [4.78, 5) is 0. The van der Waals surface area contributed by atoms with Crippen LogP contribution in [0.15, 0.2) is 12.1 Å². The summed E-state index contributed by atoms with van der Waals surface area (Å²) in [5, 5.41) is 9.53. The molecular weight excluding hydrogens is 176 g/mol. The molecule has 1 aromatic rings. The van der Waals surface area contributed by atoms with E-state index in [0.29, 0.717) is 5.75 Å². The summed E-state index contributed by atoms with van der Waals surface area (Å²) in [6.07, 6.45) is 1.88. The lowest BCUT2D eigenvalue weighted by Crippen LogP contribution is -1.99. The van der Waals surface area contributed by atoms with Crippen molar-refractivity contribution in [1.29, 1.82) is 0 Å². The molecule has 1 N–H and O–H groups in total. The maximum Gasteiger partial charge on any atom is 0.122 e. The Balaban J connectivity index is 2.95. The first-order valence-corrected chi connectivity index (χ1v) is 5.14. The lowest BCUT2D eigenvalue weighted by Gasteiger charge is -2.11. The fourth-order valence-corrected chi connectivity index (χ4v) is 1.34. The number of aromatic hydroxyl groups is 1. The number of aryl methyl sites for hydroxylation is 2. The van der Waals surface area contributed by atoms with Gasteiger partial charge in [0.2, 0.25) is 0 Å². The molecule has 0 saturated carbocycles. The van der Waals surface area contributed by atoms with Crippen LogP contribution in [-0.2, 0) is 6.42 Å². The second kappa shape index (κ2) is 4.89. The summed E-state index contributed by atoms with van der Waals surface area (Å²) >= 11 is 0. The van der Waals surface area contributed by atoms with E-state index >= 15 is 0 Å². The first kappa shape index (κ1) is 10.9. The minimum atomic E-state index is 0.352. The van der Waals surface area contributed by atoms with E-state index < -0.39 is 0 Å². The highest BCUT2D eigenvalue weighted by molar-refractivity contribution is 5.45. The largest absolute Gasteiger partial charge is 0.508 e. The standard InChI is InChI=1S/C12H18O2/c1-4-6-14-12-7-9(3)11(13)8-10(12)5-2/h7-8,13H,4-6H2,1-3H3. The highest BCUT2D eigenvalue weighted by Gasteiger charge is 2.05. The van der Waals surface area contributed by atoms with E-state index in [0.717, 1.165) is 36.3 Å². The molecule has 14 heavy (non-hydrogen) atoms. The Kier molecular flexibility index (Phi) is 3.81. The zero-order valence-electron chi connectivity index (χ0n) is 9.13. The van der Waals surface area contributed by atoms with Crippen molar-refractivity contribution in [1.82, 2.24) is 0 Å². The number of hydrogen-bond donors (Lipinski definition) is 1. The van der Waals surface area contributed by atoms with Gasteiger partial charge in [0.05, 0.1) is 6.61 Å². The molecule has 0 amide bonds. The lowest BCUT2D eigenvalue weighted by atomic mass is 10.1. The molecule has 2 nitrogen and oxygen atoms in total. The fourth-order valence-electron chi connectivity index (χ4n) is 1.34. The van der Waals surface area contributed by atoms with Crippen molar-refractivity contribution in [2.24, 2.45) is 0 Å². The molecule has 0 saturated heterocycles. The zero-order chi connectivity index (χ0) is 10.6. The van der Waals surface area contributed by atoms with Crippen LogP contribution in [0.4, 0.5) is 0 Å². The number of rotatable bonds is 4. The van der Waals surface area contributed by atoms with Crippen LogP contribution in [0, 0.1) is 6.92 Å². The molecule has 0 aliphatic heterocycles. The smallest absolute Gasteiger partial charge is 0.122 e. The normalized spacial score (nSPS) is 10.2. The van der Waals surface area contributed by atoms with Crippen LogP contribution in [0.5, 0.6) is 11.5 Å². The Morgan fingerprint density at radius 3 is 2.57 bits per heavy atom. The van der Waals surface area contributed by atoms with Crippen molar-refractivity contribution >= 4 is 0 Å². The van der Waals surface area contributed by atoms with Gasteiger partial charge in [-0.3, -0.25) is 0 Å². The number of hydrogen-bond acceptors (Lipinski definition) is 2. The third-order valence-corrected chi connectivity index (χ3v) is 2.22. The van der Waals surface area contributed by atoms with E-state index in [1.165, 1.54) is 0 Å². The molecular formula is C12H18O2. The number of phenolic OH excluding ortho intramolecular Hbond substituents is 1. The summed E-state index contributed by atoms with van der Waals surface area (Å²) in [7, 11) is 0. The monoisotopic (exact) mass is 194 g/mol. The van der Waals surface area contributed by atoms with E-state index in [1.54, 1.807) is 6.07 Å². The van der Waals surface area contributed by atoms with Gasteiger partial charge in [0.1, 0.15) is 11.5 Å². The highest BCUT2D eigenvalue weighted by Crippen LogP contribution is 2.27. The van der Waals surface area contributed by atoms with Crippen LogP contribution < -0.4 is 4.74 Å². The molecule has 0 aliphatic rings. The van der Waals surface area contributed by atoms with Crippen molar-refractivity contribution in [2.75, 3.05) is 6.61 Å². The minimum absolute atomic E-state index is 0.352. The average molecular weight is 194 g/mol. The van der Waals surface area contributed by atoms with Gasteiger partial charge < -0.3 is 9.84 Å². The van der Waals surface area contributed by atoms with Crippen molar-refractivity contribution < 1.29 is 9.84 Å². The summed E-state index contributed by atoms with van der Waals surface area (Å²) in [6.45, 7) is 6.76. The van der Waals surface area contributed by atoms with Crippen molar-refractivity contribution in [3.8, 4) is 11.5 Å². The van der Waals surface area contributed by atoms with E-state index in [9.17, 15) is 5.11 Å². The van der Waals surface area contributed by atoms with Crippen LogP contribution in [0.3, 0.4) is 0 Å². The second-order valence-corrected chi connectivity index (χ2v) is 3.45. The third kappa shape index (κ3) is 2.41. The molecule has 0 fully saturated rings. The number of phenols is 1. The lowest BCUT2D eigenvalue weighted by molar-refractivity contribution is 0.313. The number of ether oxygens (including phenoxy) is 1. The molecule has 1 rings (SSSR count). The van der Waals surface area contributed by atoms with Gasteiger partial charge in [0.15, 0.2) is 0 Å².